The van der Waals surface area contributed by atoms with E-state index in [-0.39, 0.29) is 28.4 Å². The molecule has 2 aromatic carbocycles. The van der Waals surface area contributed by atoms with E-state index in [9.17, 15) is 14.4 Å². The number of carbonyl (C=O) groups is 3. The average molecular weight is 399 g/mol. The number of hydrogen-bond donors (Lipinski definition) is 3. The van der Waals surface area contributed by atoms with Crippen molar-refractivity contribution < 1.29 is 14.4 Å². The molecule has 0 fully saturated rings. The van der Waals surface area contributed by atoms with Crippen LogP contribution in [0.25, 0.3) is 0 Å². The van der Waals surface area contributed by atoms with Crippen LogP contribution in [0.15, 0.2) is 30.3 Å². The molecule has 6 nitrogen and oxygen atoms in total. The van der Waals surface area contributed by atoms with Gasteiger partial charge >= 0.3 is 6.03 Å². The highest BCUT2D eigenvalue weighted by Gasteiger charge is 2.28. The number of nitrogens with one attached hydrogen (secondary N) is 3. The molecule has 0 saturated heterocycles. The first kappa shape index (κ1) is 17.5. The van der Waals surface area contributed by atoms with Gasteiger partial charge in [-0.05, 0) is 24.3 Å². The summed E-state index contributed by atoms with van der Waals surface area (Å²) >= 11 is 18.1. The van der Waals surface area contributed by atoms with Crippen LogP contribution in [0.2, 0.25) is 15.1 Å². The van der Waals surface area contributed by atoms with E-state index in [1.54, 1.807) is 18.2 Å². The number of urea groups is 1. The molecule has 0 radical (unpaired) electrons. The summed E-state index contributed by atoms with van der Waals surface area (Å²) in [4.78, 5) is 35.3. The van der Waals surface area contributed by atoms with Crippen LogP contribution in [0.3, 0.4) is 0 Å². The summed E-state index contributed by atoms with van der Waals surface area (Å²) in [5.74, 6) is -1.06. The first-order valence-electron chi connectivity index (χ1n) is 7.04. The van der Waals surface area contributed by atoms with Crippen LogP contribution in [-0.2, 0) is 6.54 Å². The molecule has 1 aliphatic rings. The highest BCUT2D eigenvalue weighted by atomic mass is 35.5. The third-order valence-corrected chi connectivity index (χ3v) is 4.58. The molecule has 1 aliphatic heterocycles. The molecule has 9 heteroatoms. The Hall–Kier alpha value is -2.28. The van der Waals surface area contributed by atoms with Crippen molar-refractivity contribution in [2.24, 2.45) is 0 Å². The standard InChI is InChI=1S/C16H10Cl3N3O3/c17-10-2-1-3-11(18)9(10)6-20-16(25)21-13-5-8-7(4-12(13)19)14(23)22-15(8)24/h1-5H,6H2,(H2,20,21,25)(H,22,23,24). The van der Waals surface area contributed by atoms with Gasteiger partial charge in [-0.1, -0.05) is 40.9 Å². The van der Waals surface area contributed by atoms with Gasteiger partial charge in [0.25, 0.3) is 11.8 Å². The molecular formula is C16H10Cl3N3O3. The van der Waals surface area contributed by atoms with Crippen molar-refractivity contribution >= 4 is 58.3 Å². The van der Waals surface area contributed by atoms with E-state index in [4.69, 9.17) is 34.8 Å². The minimum Gasteiger partial charge on any atom is -0.334 e. The molecule has 0 bridgehead atoms. The van der Waals surface area contributed by atoms with E-state index >= 15 is 0 Å². The van der Waals surface area contributed by atoms with E-state index in [2.05, 4.69) is 16.0 Å². The zero-order chi connectivity index (χ0) is 18.1. The third-order valence-electron chi connectivity index (χ3n) is 3.56. The maximum absolute atomic E-state index is 12.1. The average Bonchev–Trinajstić information content (AvgIpc) is 2.81. The minimum atomic E-state index is -0.567. The maximum atomic E-state index is 12.1. The van der Waals surface area contributed by atoms with Gasteiger partial charge in [-0.3, -0.25) is 14.9 Å². The summed E-state index contributed by atoms with van der Waals surface area (Å²) in [5, 5.41) is 8.27. The molecule has 1 heterocycles. The lowest BCUT2D eigenvalue weighted by atomic mass is 10.1. The molecular weight excluding hydrogens is 389 g/mol. The molecule has 0 saturated carbocycles. The Balaban J connectivity index is 1.73. The van der Waals surface area contributed by atoms with Crippen molar-refractivity contribution in [1.82, 2.24) is 10.6 Å². The number of carbonyl (C=O) groups excluding carboxylic acids is 3. The lowest BCUT2D eigenvalue weighted by Crippen LogP contribution is -2.28. The van der Waals surface area contributed by atoms with Crippen molar-refractivity contribution in [1.29, 1.82) is 0 Å². The number of rotatable bonds is 3. The molecule has 4 amide bonds. The largest absolute Gasteiger partial charge is 0.334 e. The number of benzene rings is 2. The summed E-state index contributed by atoms with van der Waals surface area (Å²) in [5.41, 5.74) is 1.10. The van der Waals surface area contributed by atoms with Crippen LogP contribution < -0.4 is 16.0 Å². The molecule has 128 valence electrons. The summed E-state index contributed by atoms with van der Waals surface area (Å²) in [6.45, 7) is 0.103. The first-order valence-corrected chi connectivity index (χ1v) is 8.17. The van der Waals surface area contributed by atoms with Crippen LogP contribution in [0.5, 0.6) is 0 Å². The molecule has 0 atom stereocenters. The van der Waals surface area contributed by atoms with Crippen LogP contribution in [0, 0.1) is 0 Å². The van der Waals surface area contributed by atoms with E-state index in [1.807, 2.05) is 0 Å². The predicted molar refractivity (Wildman–Crippen MR) is 95.6 cm³/mol. The van der Waals surface area contributed by atoms with Gasteiger partial charge in [0.1, 0.15) is 0 Å². The Morgan fingerprint density at radius 1 is 0.960 bits per heavy atom. The SMILES string of the molecule is O=C(NCc1c(Cl)cccc1Cl)Nc1cc2c(cc1Cl)C(=O)NC2=O. The first-order chi connectivity index (χ1) is 11.9. The number of imide groups is 1. The summed E-state index contributed by atoms with van der Waals surface area (Å²) in [7, 11) is 0. The monoisotopic (exact) mass is 397 g/mol. The molecule has 0 unspecified atom stereocenters. The summed E-state index contributed by atoms with van der Waals surface area (Å²) in [6, 6.07) is 7.13. The Morgan fingerprint density at radius 3 is 2.20 bits per heavy atom. The van der Waals surface area contributed by atoms with Crippen LogP contribution in [-0.4, -0.2) is 17.8 Å². The molecule has 0 aliphatic carbocycles. The Labute approximate surface area is 157 Å². The lowest BCUT2D eigenvalue weighted by Gasteiger charge is -2.11. The Bertz CT molecular complexity index is 895. The summed E-state index contributed by atoms with van der Waals surface area (Å²) < 4.78 is 0. The molecule has 25 heavy (non-hydrogen) atoms. The fourth-order valence-electron chi connectivity index (χ4n) is 2.32. The van der Waals surface area contributed by atoms with Crippen molar-refractivity contribution in [3.63, 3.8) is 0 Å². The second-order valence-corrected chi connectivity index (χ2v) is 6.39. The van der Waals surface area contributed by atoms with Crippen molar-refractivity contribution in [3.8, 4) is 0 Å². The lowest BCUT2D eigenvalue weighted by molar-refractivity contribution is 0.0879. The zero-order valence-corrected chi connectivity index (χ0v) is 14.7. The molecule has 3 rings (SSSR count). The molecule has 3 N–H and O–H groups in total. The van der Waals surface area contributed by atoms with Gasteiger partial charge in [-0.15, -0.1) is 0 Å². The Morgan fingerprint density at radius 2 is 1.56 bits per heavy atom. The Kier molecular flexibility index (Phi) is 4.85. The number of amides is 4. The van der Waals surface area contributed by atoms with Crippen LogP contribution in [0.4, 0.5) is 10.5 Å². The number of anilines is 1. The predicted octanol–water partition coefficient (Wildman–Crippen LogP) is 3.85. The fraction of sp³-hybridized carbons (Fsp3) is 0.0625. The van der Waals surface area contributed by atoms with E-state index in [1.165, 1.54) is 12.1 Å². The van der Waals surface area contributed by atoms with E-state index in [0.29, 0.717) is 15.6 Å². The maximum Gasteiger partial charge on any atom is 0.319 e. The highest BCUT2D eigenvalue weighted by Crippen LogP contribution is 2.29. The second-order valence-electron chi connectivity index (χ2n) is 5.17. The van der Waals surface area contributed by atoms with E-state index < -0.39 is 17.8 Å². The van der Waals surface area contributed by atoms with Crippen molar-refractivity contribution in [2.45, 2.75) is 6.54 Å². The van der Waals surface area contributed by atoms with Gasteiger partial charge < -0.3 is 10.6 Å². The van der Waals surface area contributed by atoms with Gasteiger partial charge in [0.2, 0.25) is 0 Å². The van der Waals surface area contributed by atoms with Gasteiger partial charge in [-0.2, -0.15) is 0 Å². The van der Waals surface area contributed by atoms with Gasteiger partial charge in [-0.25, -0.2) is 4.79 Å². The zero-order valence-electron chi connectivity index (χ0n) is 12.5. The number of halogens is 3. The van der Waals surface area contributed by atoms with Gasteiger partial charge in [0.05, 0.1) is 21.8 Å². The van der Waals surface area contributed by atoms with Crippen LogP contribution in [0.1, 0.15) is 26.3 Å². The summed E-state index contributed by atoms with van der Waals surface area (Å²) in [6.07, 6.45) is 0. The quantitative estimate of drug-likeness (QED) is 0.686. The molecule has 0 aromatic heterocycles. The van der Waals surface area contributed by atoms with Crippen LogP contribution >= 0.6 is 34.8 Å². The van der Waals surface area contributed by atoms with E-state index in [0.717, 1.165) is 0 Å². The topological polar surface area (TPSA) is 87.3 Å². The van der Waals surface area contributed by atoms with Crippen molar-refractivity contribution in [3.05, 3.63) is 62.1 Å². The smallest absolute Gasteiger partial charge is 0.319 e. The minimum absolute atomic E-state index is 0.103. The molecule has 2 aromatic rings. The van der Waals surface area contributed by atoms with Gasteiger partial charge in [0.15, 0.2) is 0 Å². The second kappa shape index (κ2) is 6.92. The fourth-order valence-corrected chi connectivity index (χ4v) is 3.06. The number of hydrogen-bond acceptors (Lipinski definition) is 3. The third kappa shape index (κ3) is 3.56. The normalized spacial score (nSPS) is 12.6. The highest BCUT2D eigenvalue weighted by molar-refractivity contribution is 6.36. The number of fused-ring (bicyclic) bond motifs is 1. The van der Waals surface area contributed by atoms with Crippen molar-refractivity contribution in [2.75, 3.05) is 5.32 Å². The van der Waals surface area contributed by atoms with Gasteiger partial charge in [0, 0.05) is 22.2 Å². The molecule has 0 spiro atoms.